The van der Waals surface area contributed by atoms with E-state index in [1.807, 2.05) is 0 Å². The minimum atomic E-state index is -4.54. The van der Waals surface area contributed by atoms with Crippen LogP contribution in [0.15, 0.2) is 12.3 Å². The maximum atomic E-state index is 12.2. The maximum Gasteiger partial charge on any atom is 0.435 e. The van der Waals surface area contributed by atoms with Crippen molar-refractivity contribution in [2.75, 3.05) is 0 Å². The molecule has 90 valence electrons. The van der Waals surface area contributed by atoms with E-state index >= 15 is 0 Å². The molecule has 0 radical (unpaired) electrons. The number of nitrogens with zero attached hydrogens (tertiary/aromatic N) is 2. The van der Waals surface area contributed by atoms with E-state index in [2.05, 4.69) is 5.10 Å². The molecular formula is C9H11F3N2O2. The molecule has 0 amide bonds. The summed E-state index contributed by atoms with van der Waals surface area (Å²) < 4.78 is 37.5. The minimum Gasteiger partial charge on any atom is -0.480 e. The van der Waals surface area contributed by atoms with Crippen LogP contribution >= 0.6 is 0 Å². The van der Waals surface area contributed by atoms with Gasteiger partial charge in [-0.05, 0) is 12.5 Å². The number of hydrogen-bond donors (Lipinski definition) is 1. The molecule has 0 aliphatic rings. The highest BCUT2D eigenvalue weighted by Gasteiger charge is 2.34. The monoisotopic (exact) mass is 236 g/mol. The van der Waals surface area contributed by atoms with E-state index in [0.29, 0.717) is 6.42 Å². The van der Waals surface area contributed by atoms with Crippen molar-refractivity contribution in [3.63, 3.8) is 0 Å². The average molecular weight is 236 g/mol. The van der Waals surface area contributed by atoms with E-state index in [1.165, 1.54) is 0 Å². The van der Waals surface area contributed by atoms with E-state index in [0.717, 1.165) is 16.9 Å². The molecule has 1 atom stereocenters. The Balaban J connectivity index is 2.95. The van der Waals surface area contributed by atoms with Gasteiger partial charge >= 0.3 is 12.1 Å². The van der Waals surface area contributed by atoms with E-state index in [-0.39, 0.29) is 6.42 Å². The Morgan fingerprint density at radius 2 is 2.25 bits per heavy atom. The number of hydrogen-bond acceptors (Lipinski definition) is 2. The second kappa shape index (κ2) is 4.54. The zero-order chi connectivity index (χ0) is 12.3. The van der Waals surface area contributed by atoms with Crippen LogP contribution < -0.4 is 0 Å². The molecule has 0 fully saturated rings. The van der Waals surface area contributed by atoms with Gasteiger partial charge in [0.25, 0.3) is 0 Å². The van der Waals surface area contributed by atoms with Gasteiger partial charge in [0, 0.05) is 6.20 Å². The summed E-state index contributed by atoms with van der Waals surface area (Å²) in [5.41, 5.74) is -1.07. The van der Waals surface area contributed by atoms with Gasteiger partial charge in [-0.15, -0.1) is 0 Å². The van der Waals surface area contributed by atoms with Crippen molar-refractivity contribution in [2.24, 2.45) is 0 Å². The Labute approximate surface area is 89.7 Å². The maximum absolute atomic E-state index is 12.2. The summed E-state index contributed by atoms with van der Waals surface area (Å²) in [6.07, 6.45) is -2.70. The van der Waals surface area contributed by atoms with Gasteiger partial charge in [-0.3, -0.25) is 4.68 Å². The fraction of sp³-hybridized carbons (Fsp3) is 0.556. The zero-order valence-electron chi connectivity index (χ0n) is 8.53. The van der Waals surface area contributed by atoms with Crippen LogP contribution in [-0.4, -0.2) is 20.9 Å². The molecule has 0 saturated heterocycles. The van der Waals surface area contributed by atoms with Crippen molar-refractivity contribution >= 4 is 5.97 Å². The number of alkyl halides is 3. The highest BCUT2D eigenvalue weighted by Crippen LogP contribution is 2.28. The number of carbonyl (C=O) groups is 1. The predicted molar refractivity (Wildman–Crippen MR) is 48.8 cm³/mol. The predicted octanol–water partition coefficient (Wildman–Crippen LogP) is 2.33. The molecule has 0 saturated carbocycles. The smallest absolute Gasteiger partial charge is 0.435 e. The van der Waals surface area contributed by atoms with Crippen LogP contribution in [-0.2, 0) is 11.0 Å². The van der Waals surface area contributed by atoms with Crippen LogP contribution in [0.2, 0.25) is 0 Å². The van der Waals surface area contributed by atoms with Crippen molar-refractivity contribution in [2.45, 2.75) is 32.0 Å². The Morgan fingerprint density at radius 1 is 1.62 bits per heavy atom. The van der Waals surface area contributed by atoms with Crippen LogP contribution in [0.4, 0.5) is 13.2 Å². The molecule has 1 heterocycles. The lowest BCUT2D eigenvalue weighted by Gasteiger charge is -2.11. The minimum absolute atomic E-state index is 0.244. The first-order chi connectivity index (χ1) is 7.36. The van der Waals surface area contributed by atoms with Crippen molar-refractivity contribution in [1.29, 1.82) is 0 Å². The Bertz CT molecular complexity index is 373. The Hall–Kier alpha value is -1.53. The quantitative estimate of drug-likeness (QED) is 0.872. The van der Waals surface area contributed by atoms with Gasteiger partial charge in [0.1, 0.15) is 6.04 Å². The number of halogens is 3. The third-order valence-corrected chi connectivity index (χ3v) is 2.07. The normalized spacial score (nSPS) is 13.8. The topological polar surface area (TPSA) is 55.1 Å². The highest BCUT2D eigenvalue weighted by molar-refractivity contribution is 5.71. The van der Waals surface area contributed by atoms with Crippen LogP contribution in [0.5, 0.6) is 0 Å². The van der Waals surface area contributed by atoms with Gasteiger partial charge in [-0.1, -0.05) is 13.3 Å². The molecule has 0 aliphatic carbocycles. The van der Waals surface area contributed by atoms with Crippen molar-refractivity contribution < 1.29 is 23.1 Å². The van der Waals surface area contributed by atoms with Gasteiger partial charge in [0.05, 0.1) is 0 Å². The second-order valence-corrected chi connectivity index (χ2v) is 3.32. The first-order valence-electron chi connectivity index (χ1n) is 4.71. The fourth-order valence-electron chi connectivity index (χ4n) is 1.31. The lowest BCUT2D eigenvalue weighted by atomic mass is 10.2. The molecule has 4 nitrogen and oxygen atoms in total. The summed E-state index contributed by atoms with van der Waals surface area (Å²) in [7, 11) is 0. The molecule has 0 aromatic carbocycles. The number of aliphatic carboxylic acids is 1. The third-order valence-electron chi connectivity index (χ3n) is 2.07. The summed E-state index contributed by atoms with van der Waals surface area (Å²) in [5, 5.41) is 12.1. The third kappa shape index (κ3) is 2.74. The standard InChI is InChI=1S/C9H11F3N2O2/c1-2-3-6(8(15)16)14-5-4-7(13-14)9(10,11)12/h4-6H,2-3H2,1H3,(H,15,16). The van der Waals surface area contributed by atoms with Crippen molar-refractivity contribution in [3.05, 3.63) is 18.0 Å². The second-order valence-electron chi connectivity index (χ2n) is 3.32. The number of carboxylic acid groups (broad SMARTS) is 1. The van der Waals surface area contributed by atoms with Crippen molar-refractivity contribution in [1.82, 2.24) is 9.78 Å². The molecule has 1 unspecified atom stereocenters. The van der Waals surface area contributed by atoms with Crippen LogP contribution in [0.1, 0.15) is 31.5 Å². The molecule has 0 bridgehead atoms. The van der Waals surface area contributed by atoms with E-state index in [9.17, 15) is 18.0 Å². The first kappa shape index (κ1) is 12.5. The number of carboxylic acids is 1. The van der Waals surface area contributed by atoms with E-state index in [1.54, 1.807) is 6.92 Å². The summed E-state index contributed by atoms with van der Waals surface area (Å²) in [5.74, 6) is -1.18. The van der Waals surface area contributed by atoms with E-state index < -0.39 is 23.9 Å². The molecule has 1 N–H and O–H groups in total. The first-order valence-corrected chi connectivity index (χ1v) is 4.71. The van der Waals surface area contributed by atoms with Gasteiger partial charge in [0.2, 0.25) is 0 Å². The van der Waals surface area contributed by atoms with Gasteiger partial charge in [0.15, 0.2) is 5.69 Å². The molecule has 1 aromatic rings. The number of rotatable bonds is 4. The van der Waals surface area contributed by atoms with Gasteiger partial charge in [-0.2, -0.15) is 18.3 Å². The molecule has 1 rings (SSSR count). The molecule has 0 spiro atoms. The Kier molecular flexibility index (Phi) is 3.56. The van der Waals surface area contributed by atoms with E-state index in [4.69, 9.17) is 5.11 Å². The van der Waals surface area contributed by atoms with Crippen molar-refractivity contribution in [3.8, 4) is 0 Å². The van der Waals surface area contributed by atoms with Gasteiger partial charge in [-0.25, -0.2) is 4.79 Å². The molecule has 1 aromatic heterocycles. The van der Waals surface area contributed by atoms with Crippen LogP contribution in [0.25, 0.3) is 0 Å². The fourth-order valence-corrected chi connectivity index (χ4v) is 1.31. The summed E-state index contributed by atoms with van der Waals surface area (Å²) >= 11 is 0. The molecule has 0 aliphatic heterocycles. The highest BCUT2D eigenvalue weighted by atomic mass is 19.4. The largest absolute Gasteiger partial charge is 0.480 e. The SMILES string of the molecule is CCCC(C(=O)O)n1ccc(C(F)(F)F)n1. The van der Waals surface area contributed by atoms with Crippen LogP contribution in [0.3, 0.4) is 0 Å². The number of aromatic nitrogens is 2. The molecule has 16 heavy (non-hydrogen) atoms. The molecule has 7 heteroatoms. The average Bonchev–Trinajstić information content (AvgIpc) is 2.61. The van der Waals surface area contributed by atoms with Gasteiger partial charge < -0.3 is 5.11 Å². The lowest BCUT2D eigenvalue weighted by Crippen LogP contribution is -2.20. The lowest BCUT2D eigenvalue weighted by molar-refractivity contribution is -0.144. The summed E-state index contributed by atoms with van der Waals surface area (Å²) in [6, 6.07) is -0.271. The zero-order valence-corrected chi connectivity index (χ0v) is 8.53. The summed E-state index contributed by atoms with van der Waals surface area (Å²) in [4.78, 5) is 10.8. The molecular weight excluding hydrogens is 225 g/mol. The van der Waals surface area contributed by atoms with Crippen LogP contribution in [0, 0.1) is 0 Å². The Morgan fingerprint density at radius 3 is 2.62 bits per heavy atom. The summed E-state index contributed by atoms with van der Waals surface area (Å²) in [6.45, 7) is 1.75.